The maximum absolute atomic E-state index is 9.81. The molecule has 3 rings (SSSR count). The topological polar surface area (TPSA) is 45.1 Å². The molecular formula is C14H16N2OS. The molecule has 2 aromatic rings. The highest BCUT2D eigenvalue weighted by molar-refractivity contribution is 7.07. The first-order chi connectivity index (χ1) is 8.84. The van der Waals surface area contributed by atoms with Crippen LogP contribution in [-0.2, 0) is 18.5 Å². The minimum absolute atomic E-state index is 0.133. The maximum Gasteiger partial charge on any atom is 0.0795 e. The highest BCUT2D eigenvalue weighted by atomic mass is 32.1. The van der Waals surface area contributed by atoms with Crippen LogP contribution in [0.4, 0.5) is 0 Å². The van der Waals surface area contributed by atoms with Gasteiger partial charge in [0, 0.05) is 11.9 Å². The summed E-state index contributed by atoms with van der Waals surface area (Å²) in [5, 5.41) is 15.3. The molecule has 0 bridgehead atoms. The van der Waals surface area contributed by atoms with Gasteiger partial charge in [-0.25, -0.2) is 4.98 Å². The number of aromatic nitrogens is 1. The lowest BCUT2D eigenvalue weighted by Crippen LogP contribution is -2.43. The van der Waals surface area contributed by atoms with E-state index in [1.807, 2.05) is 17.0 Å². The molecule has 0 amide bonds. The van der Waals surface area contributed by atoms with Crippen molar-refractivity contribution in [3.8, 4) is 0 Å². The van der Waals surface area contributed by atoms with Gasteiger partial charge in [0.25, 0.3) is 0 Å². The molecule has 0 aliphatic heterocycles. The Labute approximate surface area is 111 Å². The Balaban J connectivity index is 1.83. The second-order valence-corrected chi connectivity index (χ2v) is 5.45. The Morgan fingerprint density at radius 2 is 2.28 bits per heavy atom. The maximum atomic E-state index is 9.81. The molecule has 94 valence electrons. The summed E-state index contributed by atoms with van der Waals surface area (Å²) >= 11 is 1.60. The smallest absolute Gasteiger partial charge is 0.0795 e. The molecule has 0 spiro atoms. The third kappa shape index (κ3) is 1.96. The van der Waals surface area contributed by atoms with Crippen LogP contribution in [0.15, 0.2) is 35.2 Å². The van der Waals surface area contributed by atoms with Gasteiger partial charge in [-0.05, 0) is 24.0 Å². The normalized spacial score (nSPS) is 22.1. The predicted octanol–water partition coefficient (Wildman–Crippen LogP) is 2.07. The summed E-state index contributed by atoms with van der Waals surface area (Å²) in [4.78, 5) is 4.27. The van der Waals surface area contributed by atoms with E-state index in [0.29, 0.717) is 6.54 Å². The third-order valence-corrected chi connectivity index (χ3v) is 4.35. The Morgan fingerprint density at radius 1 is 1.39 bits per heavy atom. The fraction of sp³-hybridized carbons (Fsp3) is 0.357. The molecular weight excluding hydrogens is 244 g/mol. The van der Waals surface area contributed by atoms with Gasteiger partial charge in [-0.3, -0.25) is 5.32 Å². The lowest BCUT2D eigenvalue weighted by molar-refractivity contribution is 0.158. The van der Waals surface area contributed by atoms with E-state index in [0.717, 1.165) is 18.5 Å². The number of aliphatic hydroxyl groups is 1. The molecule has 1 aromatic carbocycles. The van der Waals surface area contributed by atoms with Gasteiger partial charge in [-0.15, -0.1) is 11.3 Å². The molecule has 1 heterocycles. The van der Waals surface area contributed by atoms with Crippen LogP contribution in [0, 0.1) is 0 Å². The van der Waals surface area contributed by atoms with E-state index in [1.54, 1.807) is 11.3 Å². The summed E-state index contributed by atoms with van der Waals surface area (Å²) in [7, 11) is 0. The van der Waals surface area contributed by atoms with Crippen molar-refractivity contribution < 1.29 is 5.11 Å². The zero-order valence-electron chi connectivity index (χ0n) is 10.1. The molecule has 0 saturated carbocycles. The van der Waals surface area contributed by atoms with E-state index < -0.39 is 0 Å². The van der Waals surface area contributed by atoms with Crippen molar-refractivity contribution in [2.24, 2.45) is 0 Å². The number of thiazole rings is 1. The van der Waals surface area contributed by atoms with Crippen molar-refractivity contribution >= 4 is 11.3 Å². The van der Waals surface area contributed by atoms with Crippen LogP contribution >= 0.6 is 11.3 Å². The van der Waals surface area contributed by atoms with E-state index in [2.05, 4.69) is 28.5 Å². The molecule has 2 N–H and O–H groups in total. The van der Waals surface area contributed by atoms with Gasteiger partial charge in [0.1, 0.15) is 0 Å². The van der Waals surface area contributed by atoms with E-state index >= 15 is 0 Å². The van der Waals surface area contributed by atoms with Gasteiger partial charge in [-0.2, -0.15) is 0 Å². The summed E-state index contributed by atoms with van der Waals surface area (Å²) in [6.07, 6.45) is 1.98. The Bertz CT molecular complexity index is 526. The van der Waals surface area contributed by atoms with Gasteiger partial charge in [0.05, 0.1) is 23.4 Å². The quantitative estimate of drug-likeness (QED) is 0.884. The summed E-state index contributed by atoms with van der Waals surface area (Å²) in [6.45, 7) is 0.840. The fourth-order valence-corrected chi connectivity index (χ4v) is 3.23. The van der Waals surface area contributed by atoms with E-state index in [9.17, 15) is 5.11 Å². The first-order valence-electron chi connectivity index (χ1n) is 6.15. The van der Waals surface area contributed by atoms with Crippen LogP contribution in [0.3, 0.4) is 0 Å². The first-order valence-corrected chi connectivity index (χ1v) is 7.10. The lowest BCUT2D eigenvalue weighted by Gasteiger charge is -2.29. The van der Waals surface area contributed by atoms with E-state index in [1.165, 1.54) is 11.1 Å². The van der Waals surface area contributed by atoms with Crippen molar-refractivity contribution in [2.45, 2.75) is 24.9 Å². The Morgan fingerprint density at radius 3 is 3.06 bits per heavy atom. The first kappa shape index (κ1) is 11.8. The molecule has 1 aliphatic carbocycles. The highest BCUT2D eigenvalue weighted by Crippen LogP contribution is 2.36. The van der Waals surface area contributed by atoms with E-state index in [-0.39, 0.29) is 12.1 Å². The molecule has 4 heteroatoms. The summed E-state index contributed by atoms with van der Waals surface area (Å²) in [5.41, 5.74) is 5.17. The molecule has 0 radical (unpaired) electrons. The number of aliphatic hydroxyl groups excluding tert-OH is 1. The zero-order valence-corrected chi connectivity index (χ0v) is 10.9. The predicted molar refractivity (Wildman–Crippen MR) is 72.5 cm³/mol. The average Bonchev–Trinajstić information content (AvgIpc) is 3.05. The second kappa shape index (κ2) is 4.80. The SMILES string of the molecule is OCC1(NCc2cscn2)CCc2ccccc21. The molecule has 3 nitrogen and oxygen atoms in total. The number of rotatable bonds is 4. The van der Waals surface area contributed by atoms with Gasteiger partial charge in [-0.1, -0.05) is 24.3 Å². The number of nitrogens with one attached hydrogen (secondary N) is 1. The van der Waals surface area contributed by atoms with Crippen LogP contribution < -0.4 is 5.32 Å². The molecule has 1 aliphatic rings. The van der Waals surface area contributed by atoms with Crippen LogP contribution in [0.1, 0.15) is 23.2 Å². The number of hydrogen-bond acceptors (Lipinski definition) is 4. The monoisotopic (exact) mass is 260 g/mol. The average molecular weight is 260 g/mol. The van der Waals surface area contributed by atoms with Crippen molar-refractivity contribution in [1.29, 1.82) is 0 Å². The van der Waals surface area contributed by atoms with Crippen LogP contribution in [0.25, 0.3) is 0 Å². The Kier molecular flexibility index (Phi) is 3.16. The zero-order chi connectivity index (χ0) is 12.4. The Hall–Kier alpha value is -1.23. The number of hydrogen-bond donors (Lipinski definition) is 2. The van der Waals surface area contributed by atoms with Crippen molar-refractivity contribution in [1.82, 2.24) is 10.3 Å². The second-order valence-electron chi connectivity index (χ2n) is 4.73. The third-order valence-electron chi connectivity index (χ3n) is 3.72. The fourth-order valence-electron chi connectivity index (χ4n) is 2.68. The molecule has 1 aromatic heterocycles. The lowest BCUT2D eigenvalue weighted by atomic mass is 9.92. The number of aryl methyl sites for hydroxylation is 1. The largest absolute Gasteiger partial charge is 0.394 e. The number of nitrogens with zero attached hydrogens (tertiary/aromatic N) is 1. The minimum Gasteiger partial charge on any atom is -0.394 e. The van der Waals surface area contributed by atoms with Gasteiger partial charge in [0.2, 0.25) is 0 Å². The number of benzene rings is 1. The van der Waals surface area contributed by atoms with Crippen LogP contribution in [0.5, 0.6) is 0 Å². The highest BCUT2D eigenvalue weighted by Gasteiger charge is 2.37. The van der Waals surface area contributed by atoms with Crippen molar-refractivity contribution in [2.75, 3.05) is 6.61 Å². The molecule has 1 unspecified atom stereocenters. The minimum atomic E-state index is -0.291. The van der Waals surface area contributed by atoms with Crippen molar-refractivity contribution in [3.63, 3.8) is 0 Å². The van der Waals surface area contributed by atoms with Gasteiger partial charge < -0.3 is 5.11 Å². The molecule has 0 saturated heterocycles. The standard InChI is InChI=1S/C14H16N2OS/c17-9-14(16-7-12-8-18-10-15-12)6-5-11-3-1-2-4-13(11)14/h1-4,8,10,16-17H,5-7,9H2. The molecule has 0 fully saturated rings. The van der Waals surface area contributed by atoms with Gasteiger partial charge in [0.15, 0.2) is 0 Å². The van der Waals surface area contributed by atoms with Crippen molar-refractivity contribution in [3.05, 3.63) is 52.0 Å². The number of fused-ring (bicyclic) bond motifs is 1. The van der Waals surface area contributed by atoms with E-state index in [4.69, 9.17) is 0 Å². The summed E-state index contributed by atoms with van der Waals surface area (Å²) in [5.74, 6) is 0. The summed E-state index contributed by atoms with van der Waals surface area (Å²) in [6, 6.07) is 8.37. The van der Waals surface area contributed by atoms with Gasteiger partial charge >= 0.3 is 0 Å². The molecule has 1 atom stereocenters. The van der Waals surface area contributed by atoms with Crippen LogP contribution in [0.2, 0.25) is 0 Å². The molecule has 18 heavy (non-hydrogen) atoms. The van der Waals surface area contributed by atoms with Crippen LogP contribution in [-0.4, -0.2) is 16.7 Å². The summed E-state index contributed by atoms with van der Waals surface area (Å²) < 4.78 is 0.